The first-order chi connectivity index (χ1) is 12.3. The molecule has 1 amide bonds. The van der Waals surface area contributed by atoms with Gasteiger partial charge in [-0.25, -0.2) is 0 Å². The zero-order valence-electron chi connectivity index (χ0n) is 14.8. The lowest BCUT2D eigenvalue weighted by molar-refractivity contribution is -0.148. The molecule has 8 heteroatoms. The first kappa shape index (κ1) is 20.3. The molecule has 0 bridgehead atoms. The van der Waals surface area contributed by atoms with Crippen LogP contribution in [0.3, 0.4) is 0 Å². The molecule has 1 aromatic heterocycles. The summed E-state index contributed by atoms with van der Waals surface area (Å²) in [4.78, 5) is 23.8. The maximum atomic E-state index is 12.0. The minimum atomic E-state index is -0.461. The number of carbonyl (C=O) groups is 2. The molecule has 1 heterocycles. The number of esters is 1. The number of halogens is 2. The Hall–Kier alpha value is -2.05. The summed E-state index contributed by atoms with van der Waals surface area (Å²) in [5.74, 6) is -0.187. The second-order valence-corrected chi connectivity index (χ2v) is 6.76. The summed E-state index contributed by atoms with van der Waals surface area (Å²) >= 11 is 12.0. The van der Waals surface area contributed by atoms with Gasteiger partial charge in [-0.3, -0.25) is 9.59 Å². The van der Waals surface area contributed by atoms with Gasteiger partial charge in [0.25, 0.3) is 5.91 Å². The normalized spacial score (nSPS) is 11.9. The molecular weight excluding hydrogens is 379 g/mol. The van der Waals surface area contributed by atoms with Gasteiger partial charge in [-0.05, 0) is 44.9 Å². The average Bonchev–Trinajstić information content (AvgIpc) is 2.89. The highest BCUT2D eigenvalue weighted by atomic mass is 35.5. The van der Waals surface area contributed by atoms with E-state index < -0.39 is 11.9 Å². The first-order valence-electron chi connectivity index (χ1n) is 8.09. The number of nitrogens with one attached hydrogen (secondary N) is 1. The van der Waals surface area contributed by atoms with Crippen LogP contribution in [0.25, 0.3) is 0 Å². The molecule has 140 valence electrons. The summed E-state index contributed by atoms with van der Waals surface area (Å²) in [7, 11) is 0. The van der Waals surface area contributed by atoms with Gasteiger partial charge < -0.3 is 14.6 Å². The third-order valence-corrected chi connectivity index (χ3v) is 4.49. The average molecular weight is 399 g/mol. The third-order valence-electron chi connectivity index (χ3n) is 3.93. The highest BCUT2D eigenvalue weighted by Gasteiger charge is 2.16. The van der Waals surface area contributed by atoms with Gasteiger partial charge in [-0.15, -0.1) is 0 Å². The topological polar surface area (TPSA) is 81.4 Å². The van der Waals surface area contributed by atoms with Crippen LogP contribution >= 0.6 is 23.2 Å². The zero-order chi connectivity index (χ0) is 19.3. The van der Waals surface area contributed by atoms with E-state index in [1.807, 2.05) is 6.92 Å². The number of aromatic nitrogens is 1. The lowest BCUT2D eigenvalue weighted by Crippen LogP contribution is -2.31. The fourth-order valence-electron chi connectivity index (χ4n) is 2.52. The monoisotopic (exact) mass is 398 g/mol. The molecule has 0 aliphatic heterocycles. The quantitative estimate of drug-likeness (QED) is 0.713. The first-order valence-corrected chi connectivity index (χ1v) is 8.85. The Morgan fingerprint density at radius 1 is 1.31 bits per heavy atom. The molecule has 2 aromatic rings. The molecular formula is C18H20Cl2N2O4. The molecule has 1 N–H and O–H groups in total. The minimum Gasteiger partial charge on any atom is -0.456 e. The molecule has 0 saturated heterocycles. The maximum Gasteiger partial charge on any atom is 0.306 e. The van der Waals surface area contributed by atoms with E-state index in [-0.39, 0.29) is 19.1 Å². The summed E-state index contributed by atoms with van der Waals surface area (Å²) in [5.41, 5.74) is 2.37. The molecule has 0 unspecified atom stereocenters. The Bertz CT molecular complexity index is 785. The summed E-state index contributed by atoms with van der Waals surface area (Å²) in [6.07, 6.45) is 0.604. The SMILES string of the molecule is Cc1noc(C)c1CCC(=O)OCC(=O)N[C@H](C)c1ccc(Cl)cc1Cl. The van der Waals surface area contributed by atoms with Crippen LogP contribution in [0.15, 0.2) is 22.7 Å². The van der Waals surface area contributed by atoms with E-state index in [9.17, 15) is 9.59 Å². The molecule has 0 aliphatic rings. The number of nitrogens with zero attached hydrogens (tertiary/aromatic N) is 1. The van der Waals surface area contributed by atoms with Crippen molar-refractivity contribution < 1.29 is 18.8 Å². The van der Waals surface area contributed by atoms with Crippen LogP contribution in [0.4, 0.5) is 0 Å². The molecule has 1 aromatic carbocycles. The van der Waals surface area contributed by atoms with Crippen molar-refractivity contribution in [2.75, 3.05) is 6.61 Å². The van der Waals surface area contributed by atoms with Crippen LogP contribution < -0.4 is 5.32 Å². The van der Waals surface area contributed by atoms with Gasteiger partial charge >= 0.3 is 5.97 Å². The minimum absolute atomic E-state index is 0.148. The Morgan fingerprint density at radius 2 is 2.04 bits per heavy atom. The Balaban J connectivity index is 1.78. The van der Waals surface area contributed by atoms with Gasteiger partial charge in [0.1, 0.15) is 5.76 Å². The molecule has 0 aliphatic carbocycles. The fraction of sp³-hybridized carbons (Fsp3) is 0.389. The number of carbonyl (C=O) groups excluding carboxylic acids is 2. The van der Waals surface area contributed by atoms with Crippen LogP contribution in [0.2, 0.25) is 10.0 Å². The zero-order valence-corrected chi connectivity index (χ0v) is 16.3. The van der Waals surface area contributed by atoms with Gasteiger partial charge in [-0.1, -0.05) is 34.4 Å². The Morgan fingerprint density at radius 3 is 2.65 bits per heavy atom. The van der Waals surface area contributed by atoms with E-state index >= 15 is 0 Å². The van der Waals surface area contributed by atoms with Gasteiger partial charge in [0.2, 0.25) is 0 Å². The van der Waals surface area contributed by atoms with Crippen molar-refractivity contribution in [3.8, 4) is 0 Å². The number of benzene rings is 1. The maximum absolute atomic E-state index is 12.0. The van der Waals surface area contributed by atoms with Gasteiger partial charge in [0.05, 0.1) is 11.7 Å². The predicted octanol–water partition coefficient (Wildman–Crippen LogP) is 3.95. The summed E-state index contributed by atoms with van der Waals surface area (Å²) in [6, 6.07) is 4.70. The molecule has 2 rings (SSSR count). The van der Waals surface area contributed by atoms with E-state index in [0.29, 0.717) is 22.2 Å². The second kappa shape index (κ2) is 9.05. The number of amides is 1. The number of hydrogen-bond donors (Lipinski definition) is 1. The van der Waals surface area contributed by atoms with Crippen molar-refractivity contribution in [1.29, 1.82) is 0 Å². The van der Waals surface area contributed by atoms with Crippen LogP contribution in [0, 0.1) is 13.8 Å². The Kier molecular flexibility index (Phi) is 7.06. The van der Waals surface area contributed by atoms with Crippen LogP contribution in [-0.4, -0.2) is 23.6 Å². The van der Waals surface area contributed by atoms with E-state index in [2.05, 4.69) is 10.5 Å². The van der Waals surface area contributed by atoms with Crippen molar-refractivity contribution in [3.63, 3.8) is 0 Å². The molecule has 0 saturated carbocycles. The van der Waals surface area contributed by atoms with E-state index in [0.717, 1.165) is 16.8 Å². The molecule has 26 heavy (non-hydrogen) atoms. The molecule has 6 nitrogen and oxygen atoms in total. The van der Waals surface area contributed by atoms with Crippen LogP contribution in [0.5, 0.6) is 0 Å². The summed E-state index contributed by atoms with van der Waals surface area (Å²) < 4.78 is 10.1. The highest BCUT2D eigenvalue weighted by Crippen LogP contribution is 2.26. The fourth-order valence-corrected chi connectivity index (χ4v) is 3.09. The number of hydrogen-bond acceptors (Lipinski definition) is 5. The predicted molar refractivity (Wildman–Crippen MR) is 98.3 cm³/mol. The van der Waals surface area contributed by atoms with Crippen molar-refractivity contribution in [2.24, 2.45) is 0 Å². The smallest absolute Gasteiger partial charge is 0.306 e. The van der Waals surface area contributed by atoms with Gasteiger partial charge in [0.15, 0.2) is 6.61 Å². The highest BCUT2D eigenvalue weighted by molar-refractivity contribution is 6.35. The summed E-state index contributed by atoms with van der Waals surface area (Å²) in [6.45, 7) is 5.04. The number of aryl methyl sites for hydroxylation is 2. The van der Waals surface area contributed by atoms with Gasteiger partial charge in [-0.2, -0.15) is 0 Å². The third kappa shape index (κ3) is 5.47. The summed E-state index contributed by atoms with van der Waals surface area (Å²) in [5, 5.41) is 7.54. The number of ether oxygens (including phenoxy) is 1. The molecule has 0 radical (unpaired) electrons. The van der Waals surface area contributed by atoms with Crippen LogP contribution in [-0.2, 0) is 20.7 Å². The van der Waals surface area contributed by atoms with E-state index in [1.165, 1.54) is 0 Å². The van der Waals surface area contributed by atoms with Crippen molar-refractivity contribution in [3.05, 3.63) is 50.8 Å². The van der Waals surface area contributed by atoms with Gasteiger partial charge in [0, 0.05) is 22.0 Å². The molecule has 0 spiro atoms. The number of rotatable bonds is 7. The lowest BCUT2D eigenvalue weighted by atomic mass is 10.1. The van der Waals surface area contributed by atoms with E-state index in [1.54, 1.807) is 32.0 Å². The van der Waals surface area contributed by atoms with Crippen molar-refractivity contribution in [2.45, 2.75) is 39.7 Å². The lowest BCUT2D eigenvalue weighted by Gasteiger charge is -2.16. The second-order valence-electron chi connectivity index (χ2n) is 5.92. The van der Waals surface area contributed by atoms with Crippen molar-refractivity contribution >= 4 is 35.1 Å². The van der Waals surface area contributed by atoms with Crippen LogP contribution in [0.1, 0.15) is 42.0 Å². The molecule has 0 fully saturated rings. The molecule has 1 atom stereocenters. The largest absolute Gasteiger partial charge is 0.456 e. The Labute approximate surface area is 161 Å². The van der Waals surface area contributed by atoms with E-state index in [4.69, 9.17) is 32.5 Å². The van der Waals surface area contributed by atoms with Crippen molar-refractivity contribution in [1.82, 2.24) is 10.5 Å². The standard InChI is InChI=1S/C18H20Cl2N2O4/c1-10(15-5-4-13(19)8-16(15)20)21-17(23)9-25-18(24)7-6-14-11(2)22-26-12(14)3/h4-5,8,10H,6-7,9H2,1-3H3,(H,21,23)/t10-/m1/s1.